The first-order chi connectivity index (χ1) is 8.99. The second-order valence-corrected chi connectivity index (χ2v) is 5.74. The molecule has 0 unspecified atom stereocenters. The SMILES string of the molecule is CCC(CC)(CCl)CNC(=O)c1c(F)cccc1Br. The third kappa shape index (κ3) is 3.93. The highest BCUT2D eigenvalue weighted by Gasteiger charge is 2.26. The number of alkyl halides is 1. The molecule has 0 saturated heterocycles. The Morgan fingerprint density at radius 3 is 2.53 bits per heavy atom. The molecule has 5 heteroatoms. The lowest BCUT2D eigenvalue weighted by Gasteiger charge is -2.29. The molecule has 1 aromatic rings. The summed E-state index contributed by atoms with van der Waals surface area (Å²) in [5.41, 5.74) is -0.0900. The van der Waals surface area contributed by atoms with E-state index in [0.29, 0.717) is 16.9 Å². The van der Waals surface area contributed by atoms with Crippen LogP contribution >= 0.6 is 27.5 Å². The Balaban J connectivity index is 2.81. The van der Waals surface area contributed by atoms with Crippen molar-refractivity contribution in [1.29, 1.82) is 0 Å². The number of amides is 1. The van der Waals surface area contributed by atoms with Crippen LogP contribution in [0.3, 0.4) is 0 Å². The Hall–Kier alpha value is -0.610. The average molecular weight is 351 g/mol. The van der Waals surface area contributed by atoms with Crippen molar-refractivity contribution in [3.05, 3.63) is 34.1 Å². The first-order valence-corrected chi connectivity index (χ1v) is 7.60. The first-order valence-electron chi connectivity index (χ1n) is 6.28. The van der Waals surface area contributed by atoms with Crippen LogP contribution in [0.25, 0.3) is 0 Å². The van der Waals surface area contributed by atoms with Crippen LogP contribution in [0.4, 0.5) is 4.39 Å². The van der Waals surface area contributed by atoms with Crippen molar-refractivity contribution < 1.29 is 9.18 Å². The third-order valence-corrected chi connectivity index (χ3v) is 4.83. The zero-order valence-electron chi connectivity index (χ0n) is 11.1. The van der Waals surface area contributed by atoms with E-state index >= 15 is 0 Å². The number of carbonyl (C=O) groups is 1. The Kier molecular flexibility index (Phi) is 6.27. The molecule has 106 valence electrons. The van der Waals surface area contributed by atoms with Crippen LogP contribution in [-0.2, 0) is 0 Å². The van der Waals surface area contributed by atoms with Crippen LogP contribution in [0.1, 0.15) is 37.0 Å². The molecule has 1 amide bonds. The number of nitrogens with one attached hydrogen (secondary N) is 1. The van der Waals surface area contributed by atoms with E-state index in [0.717, 1.165) is 12.8 Å². The zero-order valence-corrected chi connectivity index (χ0v) is 13.4. The van der Waals surface area contributed by atoms with Gasteiger partial charge in [0.1, 0.15) is 5.82 Å². The van der Waals surface area contributed by atoms with E-state index in [9.17, 15) is 9.18 Å². The summed E-state index contributed by atoms with van der Waals surface area (Å²) < 4.78 is 14.1. The lowest BCUT2D eigenvalue weighted by Crippen LogP contribution is -2.38. The number of benzene rings is 1. The summed E-state index contributed by atoms with van der Waals surface area (Å²) in [6.07, 6.45) is 1.73. The summed E-state index contributed by atoms with van der Waals surface area (Å²) in [7, 11) is 0. The number of hydrogen-bond donors (Lipinski definition) is 1. The van der Waals surface area contributed by atoms with Crippen LogP contribution in [0.2, 0.25) is 0 Å². The van der Waals surface area contributed by atoms with Crippen molar-refractivity contribution in [2.45, 2.75) is 26.7 Å². The van der Waals surface area contributed by atoms with E-state index in [-0.39, 0.29) is 11.0 Å². The Bertz CT molecular complexity index is 421. The van der Waals surface area contributed by atoms with Crippen molar-refractivity contribution in [2.24, 2.45) is 5.41 Å². The van der Waals surface area contributed by atoms with Crippen LogP contribution in [0.15, 0.2) is 22.7 Å². The molecule has 0 bridgehead atoms. The molecule has 0 spiro atoms. The molecule has 0 aromatic heterocycles. The topological polar surface area (TPSA) is 29.1 Å². The molecule has 0 fully saturated rings. The lowest BCUT2D eigenvalue weighted by atomic mass is 9.84. The quantitative estimate of drug-likeness (QED) is 0.759. The zero-order chi connectivity index (χ0) is 14.5. The Labute approximate surface area is 126 Å². The van der Waals surface area contributed by atoms with E-state index in [2.05, 4.69) is 21.2 Å². The molecule has 0 atom stereocenters. The average Bonchev–Trinajstić information content (AvgIpc) is 2.41. The minimum Gasteiger partial charge on any atom is -0.351 e. The van der Waals surface area contributed by atoms with Crippen molar-refractivity contribution in [3.63, 3.8) is 0 Å². The van der Waals surface area contributed by atoms with E-state index < -0.39 is 11.7 Å². The number of halogens is 3. The van der Waals surface area contributed by atoms with E-state index in [1.54, 1.807) is 12.1 Å². The van der Waals surface area contributed by atoms with Gasteiger partial charge in [-0.3, -0.25) is 4.79 Å². The summed E-state index contributed by atoms with van der Waals surface area (Å²) in [6.45, 7) is 4.53. The lowest BCUT2D eigenvalue weighted by molar-refractivity contribution is 0.0927. The minimum absolute atomic E-state index is 0.0400. The Morgan fingerprint density at radius 2 is 2.05 bits per heavy atom. The van der Waals surface area contributed by atoms with Crippen molar-refractivity contribution in [2.75, 3.05) is 12.4 Å². The summed E-state index contributed by atoms with van der Waals surface area (Å²) in [5, 5.41) is 2.78. The van der Waals surface area contributed by atoms with Crippen molar-refractivity contribution in [3.8, 4) is 0 Å². The summed E-state index contributed by atoms with van der Waals surface area (Å²) in [6, 6.07) is 4.47. The molecule has 0 radical (unpaired) electrons. The van der Waals surface area contributed by atoms with Gasteiger partial charge in [0.15, 0.2) is 0 Å². The third-order valence-electron chi connectivity index (χ3n) is 3.60. The van der Waals surface area contributed by atoms with Gasteiger partial charge in [0.2, 0.25) is 0 Å². The molecule has 19 heavy (non-hydrogen) atoms. The van der Waals surface area contributed by atoms with Crippen LogP contribution in [0, 0.1) is 11.2 Å². The molecule has 1 N–H and O–H groups in total. The molecule has 0 aliphatic heterocycles. The second-order valence-electron chi connectivity index (χ2n) is 4.62. The van der Waals surface area contributed by atoms with Gasteiger partial charge in [0.05, 0.1) is 5.56 Å². The fraction of sp³-hybridized carbons (Fsp3) is 0.500. The highest BCUT2D eigenvalue weighted by Crippen LogP contribution is 2.27. The van der Waals surface area contributed by atoms with Gasteiger partial charge in [0.25, 0.3) is 5.91 Å². The van der Waals surface area contributed by atoms with Gasteiger partial charge in [-0.25, -0.2) is 4.39 Å². The van der Waals surface area contributed by atoms with Gasteiger partial charge in [-0.15, -0.1) is 11.6 Å². The highest BCUT2D eigenvalue weighted by molar-refractivity contribution is 9.10. The maximum Gasteiger partial charge on any atom is 0.255 e. The van der Waals surface area contributed by atoms with Gasteiger partial charge in [-0.2, -0.15) is 0 Å². The van der Waals surface area contributed by atoms with E-state index in [4.69, 9.17) is 11.6 Å². The smallest absolute Gasteiger partial charge is 0.255 e. The monoisotopic (exact) mass is 349 g/mol. The Morgan fingerprint density at radius 1 is 1.42 bits per heavy atom. The molecular formula is C14H18BrClFNO. The summed E-state index contributed by atoms with van der Waals surface area (Å²) in [4.78, 5) is 12.1. The summed E-state index contributed by atoms with van der Waals surface area (Å²) in [5.74, 6) is -0.476. The van der Waals surface area contributed by atoms with Crippen LogP contribution in [0.5, 0.6) is 0 Å². The van der Waals surface area contributed by atoms with Gasteiger partial charge in [0, 0.05) is 22.3 Å². The molecule has 0 heterocycles. The fourth-order valence-corrected chi connectivity index (χ4v) is 2.80. The number of carbonyl (C=O) groups excluding carboxylic acids is 1. The van der Waals surface area contributed by atoms with Gasteiger partial charge in [-0.05, 0) is 40.9 Å². The van der Waals surface area contributed by atoms with Gasteiger partial charge in [-0.1, -0.05) is 19.9 Å². The molecular weight excluding hydrogens is 333 g/mol. The maximum atomic E-state index is 13.6. The highest BCUT2D eigenvalue weighted by atomic mass is 79.9. The van der Waals surface area contributed by atoms with E-state index in [1.165, 1.54) is 6.07 Å². The minimum atomic E-state index is -0.531. The maximum absolute atomic E-state index is 13.6. The molecule has 0 aliphatic rings. The second kappa shape index (κ2) is 7.25. The van der Waals surface area contributed by atoms with Crippen LogP contribution in [-0.4, -0.2) is 18.3 Å². The van der Waals surface area contributed by atoms with Gasteiger partial charge >= 0.3 is 0 Å². The predicted octanol–water partition coefficient (Wildman–Crippen LogP) is 4.36. The van der Waals surface area contributed by atoms with Gasteiger partial charge < -0.3 is 5.32 Å². The molecule has 1 aromatic carbocycles. The standard InChI is InChI=1S/C14H18BrClFNO/c1-3-14(4-2,8-16)9-18-13(19)12-10(15)6-5-7-11(12)17/h5-7H,3-4,8-9H2,1-2H3,(H,18,19). The first kappa shape index (κ1) is 16.4. The molecule has 0 aliphatic carbocycles. The summed E-state index contributed by atoms with van der Waals surface area (Å²) >= 11 is 9.17. The molecule has 1 rings (SSSR count). The molecule has 0 saturated carbocycles. The predicted molar refractivity (Wildman–Crippen MR) is 80.2 cm³/mol. The normalized spacial score (nSPS) is 11.4. The van der Waals surface area contributed by atoms with Crippen molar-refractivity contribution >= 4 is 33.4 Å². The fourth-order valence-electron chi connectivity index (χ4n) is 1.81. The van der Waals surface area contributed by atoms with Crippen molar-refractivity contribution in [1.82, 2.24) is 5.32 Å². The largest absolute Gasteiger partial charge is 0.351 e. The van der Waals surface area contributed by atoms with E-state index in [1.807, 2.05) is 13.8 Å². The van der Waals surface area contributed by atoms with Crippen LogP contribution < -0.4 is 5.32 Å². The number of rotatable bonds is 6. The number of hydrogen-bond acceptors (Lipinski definition) is 1. The molecule has 2 nitrogen and oxygen atoms in total.